The molecule has 0 bridgehead atoms. The molecule has 6 heteroatoms. The van der Waals surface area contributed by atoms with Crippen molar-refractivity contribution in [3.05, 3.63) is 28.2 Å². The second-order valence-corrected chi connectivity index (χ2v) is 7.74. The topological polar surface area (TPSA) is 46.2 Å². The largest absolute Gasteiger partial charge is 0.313 e. The summed E-state index contributed by atoms with van der Waals surface area (Å²) in [5.74, 6) is 0. The van der Waals surface area contributed by atoms with Gasteiger partial charge in [-0.15, -0.1) is 0 Å². The Labute approximate surface area is 124 Å². The second kappa shape index (κ2) is 6.00. The molecule has 1 N–H and O–H groups in total. The molecule has 0 aliphatic heterocycles. The summed E-state index contributed by atoms with van der Waals surface area (Å²) in [7, 11) is -3.35. The van der Waals surface area contributed by atoms with Crippen molar-refractivity contribution in [2.45, 2.75) is 42.4 Å². The SMILES string of the molecule is CCNC1CCCC1S(=O)(=O)c1ccc(Cl)c(Cl)c1. The molecular formula is C13H17Cl2NO2S. The van der Waals surface area contributed by atoms with Crippen molar-refractivity contribution < 1.29 is 8.42 Å². The first-order valence-corrected chi connectivity index (χ1v) is 8.69. The minimum atomic E-state index is -3.35. The minimum Gasteiger partial charge on any atom is -0.313 e. The van der Waals surface area contributed by atoms with Crippen molar-refractivity contribution in [3.63, 3.8) is 0 Å². The smallest absolute Gasteiger partial charge is 0.182 e. The van der Waals surface area contributed by atoms with Gasteiger partial charge < -0.3 is 5.32 Å². The van der Waals surface area contributed by atoms with E-state index in [2.05, 4.69) is 5.32 Å². The molecule has 0 saturated heterocycles. The van der Waals surface area contributed by atoms with E-state index in [-0.39, 0.29) is 21.2 Å². The van der Waals surface area contributed by atoms with Gasteiger partial charge in [0, 0.05) is 6.04 Å². The van der Waals surface area contributed by atoms with E-state index in [1.807, 2.05) is 6.92 Å². The van der Waals surface area contributed by atoms with Gasteiger partial charge in [0.15, 0.2) is 9.84 Å². The summed E-state index contributed by atoms with van der Waals surface area (Å²) in [6.45, 7) is 2.76. The summed E-state index contributed by atoms with van der Waals surface area (Å²) >= 11 is 11.7. The molecule has 3 nitrogen and oxygen atoms in total. The van der Waals surface area contributed by atoms with Gasteiger partial charge in [0.1, 0.15) is 0 Å². The van der Waals surface area contributed by atoms with E-state index in [4.69, 9.17) is 23.2 Å². The van der Waals surface area contributed by atoms with Gasteiger partial charge in [-0.25, -0.2) is 8.42 Å². The number of sulfone groups is 1. The van der Waals surface area contributed by atoms with E-state index in [9.17, 15) is 8.42 Å². The number of nitrogens with one attached hydrogen (secondary N) is 1. The quantitative estimate of drug-likeness (QED) is 0.925. The molecule has 0 spiro atoms. The molecule has 2 atom stereocenters. The fraction of sp³-hybridized carbons (Fsp3) is 0.538. The average molecular weight is 322 g/mol. The Morgan fingerprint density at radius 3 is 2.63 bits per heavy atom. The van der Waals surface area contributed by atoms with Crippen molar-refractivity contribution in [2.75, 3.05) is 6.54 Å². The zero-order valence-electron chi connectivity index (χ0n) is 10.7. The molecule has 0 heterocycles. The van der Waals surface area contributed by atoms with Gasteiger partial charge in [-0.3, -0.25) is 0 Å². The summed E-state index contributed by atoms with van der Waals surface area (Å²) in [6, 6.07) is 4.55. The molecule has 1 fully saturated rings. The highest BCUT2D eigenvalue weighted by molar-refractivity contribution is 7.92. The number of rotatable bonds is 4. The number of hydrogen-bond acceptors (Lipinski definition) is 3. The monoisotopic (exact) mass is 321 g/mol. The highest BCUT2D eigenvalue weighted by Crippen LogP contribution is 2.32. The predicted octanol–water partition coefficient (Wildman–Crippen LogP) is 3.30. The third kappa shape index (κ3) is 3.07. The molecule has 1 saturated carbocycles. The highest BCUT2D eigenvalue weighted by Gasteiger charge is 2.37. The van der Waals surface area contributed by atoms with Gasteiger partial charge >= 0.3 is 0 Å². The number of benzene rings is 1. The molecule has 1 aliphatic rings. The van der Waals surface area contributed by atoms with E-state index < -0.39 is 9.84 Å². The zero-order chi connectivity index (χ0) is 14.0. The van der Waals surface area contributed by atoms with Crippen molar-refractivity contribution in [2.24, 2.45) is 0 Å². The number of hydrogen-bond donors (Lipinski definition) is 1. The first-order valence-electron chi connectivity index (χ1n) is 6.39. The van der Waals surface area contributed by atoms with Gasteiger partial charge in [-0.05, 0) is 37.6 Å². The average Bonchev–Trinajstić information content (AvgIpc) is 2.82. The van der Waals surface area contributed by atoms with E-state index in [1.54, 1.807) is 0 Å². The van der Waals surface area contributed by atoms with Crippen LogP contribution in [0, 0.1) is 0 Å². The van der Waals surface area contributed by atoms with Gasteiger partial charge in [0.2, 0.25) is 0 Å². The summed E-state index contributed by atoms with van der Waals surface area (Å²) in [5.41, 5.74) is 0. The fourth-order valence-corrected chi connectivity index (χ4v) is 5.02. The normalized spacial score (nSPS) is 23.7. The van der Waals surface area contributed by atoms with Crippen LogP contribution < -0.4 is 5.32 Å². The van der Waals surface area contributed by atoms with Crippen molar-refractivity contribution in [3.8, 4) is 0 Å². The Hall–Kier alpha value is -0.290. The predicted molar refractivity (Wildman–Crippen MR) is 78.8 cm³/mol. The van der Waals surface area contributed by atoms with Crippen LogP contribution in [-0.4, -0.2) is 26.3 Å². The Kier molecular flexibility index (Phi) is 4.77. The van der Waals surface area contributed by atoms with Crippen LogP contribution in [0.4, 0.5) is 0 Å². The highest BCUT2D eigenvalue weighted by atomic mass is 35.5. The van der Waals surface area contributed by atoms with Crippen LogP contribution in [0.15, 0.2) is 23.1 Å². The first kappa shape index (κ1) is 15.1. The minimum absolute atomic E-state index is 0.0319. The van der Waals surface area contributed by atoms with Crippen molar-refractivity contribution >= 4 is 33.0 Å². The van der Waals surface area contributed by atoms with Crippen molar-refractivity contribution in [1.82, 2.24) is 5.32 Å². The molecule has 0 radical (unpaired) electrons. The summed E-state index contributed by atoms with van der Waals surface area (Å²) in [6.07, 6.45) is 2.53. The lowest BCUT2D eigenvalue weighted by Crippen LogP contribution is -2.40. The molecular weight excluding hydrogens is 305 g/mol. The molecule has 2 unspecified atom stereocenters. The van der Waals surface area contributed by atoms with Crippen LogP contribution in [0.3, 0.4) is 0 Å². The van der Waals surface area contributed by atoms with E-state index in [1.165, 1.54) is 18.2 Å². The zero-order valence-corrected chi connectivity index (χ0v) is 13.0. The summed E-state index contributed by atoms with van der Waals surface area (Å²) in [5, 5.41) is 3.54. The molecule has 1 aromatic rings. The van der Waals surface area contributed by atoms with Crippen LogP contribution >= 0.6 is 23.2 Å². The molecule has 2 rings (SSSR count). The molecule has 1 aliphatic carbocycles. The van der Waals surface area contributed by atoms with Crippen LogP contribution in [0.1, 0.15) is 26.2 Å². The van der Waals surface area contributed by atoms with E-state index >= 15 is 0 Å². The van der Waals surface area contributed by atoms with Gasteiger partial charge in [0.25, 0.3) is 0 Å². The Morgan fingerprint density at radius 1 is 1.26 bits per heavy atom. The maximum atomic E-state index is 12.6. The third-order valence-electron chi connectivity index (χ3n) is 3.54. The van der Waals surface area contributed by atoms with Crippen LogP contribution in [0.2, 0.25) is 10.0 Å². The maximum absolute atomic E-state index is 12.6. The van der Waals surface area contributed by atoms with E-state index in [0.717, 1.165) is 19.4 Å². The Balaban J connectivity index is 2.33. The van der Waals surface area contributed by atoms with E-state index in [0.29, 0.717) is 11.4 Å². The van der Waals surface area contributed by atoms with Gasteiger partial charge in [0.05, 0.1) is 20.2 Å². The first-order chi connectivity index (χ1) is 8.96. The summed E-state index contributed by atoms with van der Waals surface area (Å²) < 4.78 is 25.3. The van der Waals surface area contributed by atoms with Gasteiger partial charge in [-0.1, -0.05) is 36.5 Å². The van der Waals surface area contributed by atoms with Gasteiger partial charge in [-0.2, -0.15) is 0 Å². The summed E-state index contributed by atoms with van der Waals surface area (Å²) in [4.78, 5) is 0.261. The van der Waals surface area contributed by atoms with Crippen LogP contribution in [0.5, 0.6) is 0 Å². The maximum Gasteiger partial charge on any atom is 0.182 e. The lowest BCUT2D eigenvalue weighted by molar-refractivity contribution is 0.517. The second-order valence-electron chi connectivity index (χ2n) is 4.75. The van der Waals surface area contributed by atoms with Crippen molar-refractivity contribution in [1.29, 1.82) is 0 Å². The Bertz CT molecular complexity index is 560. The molecule has 1 aromatic carbocycles. The third-order valence-corrected chi connectivity index (χ3v) is 6.55. The number of halogens is 2. The standard InChI is InChI=1S/C13H17Cl2NO2S/c1-2-16-12-4-3-5-13(12)19(17,18)9-6-7-10(14)11(15)8-9/h6-8,12-13,16H,2-5H2,1H3. The van der Waals surface area contributed by atoms with Crippen LogP contribution in [-0.2, 0) is 9.84 Å². The molecule has 19 heavy (non-hydrogen) atoms. The molecule has 0 aromatic heterocycles. The lowest BCUT2D eigenvalue weighted by Gasteiger charge is -2.20. The molecule has 0 amide bonds. The lowest BCUT2D eigenvalue weighted by atomic mass is 10.2. The molecule has 106 valence electrons. The Morgan fingerprint density at radius 2 is 2.00 bits per heavy atom. The van der Waals surface area contributed by atoms with Crippen LogP contribution in [0.25, 0.3) is 0 Å². The fourth-order valence-electron chi connectivity index (χ4n) is 2.62.